The van der Waals surface area contributed by atoms with Crippen LogP contribution in [0.4, 0.5) is 0 Å². The van der Waals surface area contributed by atoms with E-state index >= 15 is 0 Å². The number of nitrogens with zero attached hydrogens (tertiary/aromatic N) is 1. The quantitative estimate of drug-likeness (QED) is 0.523. The lowest BCUT2D eigenvalue weighted by Gasteiger charge is -1.99. The molecule has 0 aliphatic heterocycles. The van der Waals surface area contributed by atoms with E-state index in [1.165, 1.54) is 25.7 Å². The number of amides is 1. The Morgan fingerprint density at radius 3 is 2.60 bits per heavy atom. The van der Waals surface area contributed by atoms with Gasteiger partial charge in [-0.1, -0.05) is 12.1 Å². The van der Waals surface area contributed by atoms with Crippen LogP contribution in [-0.4, -0.2) is 25.2 Å². The first kappa shape index (κ1) is 13.5. The van der Waals surface area contributed by atoms with E-state index in [1.807, 2.05) is 0 Å². The molecule has 6 heteroatoms. The molecule has 6 nitrogen and oxygen atoms in total. The van der Waals surface area contributed by atoms with Gasteiger partial charge in [0.15, 0.2) is 5.76 Å². The highest BCUT2D eigenvalue weighted by Crippen LogP contribution is 2.04. The second-order valence-corrected chi connectivity index (χ2v) is 3.79. The molecular formula is C14H12N2O4. The summed E-state index contributed by atoms with van der Waals surface area (Å²) < 4.78 is 9.51. The number of carbonyl (C=O) groups is 2. The van der Waals surface area contributed by atoms with Gasteiger partial charge in [-0.3, -0.25) is 4.79 Å². The maximum atomic E-state index is 11.5. The average molecular weight is 272 g/mol. The van der Waals surface area contributed by atoms with Gasteiger partial charge in [-0.15, -0.1) is 0 Å². The molecule has 0 fully saturated rings. The first-order valence-corrected chi connectivity index (χ1v) is 5.76. The number of hydrogen-bond donors (Lipinski definition) is 1. The minimum absolute atomic E-state index is 0.184. The average Bonchev–Trinajstić information content (AvgIpc) is 3.01. The van der Waals surface area contributed by atoms with Gasteiger partial charge in [0.2, 0.25) is 0 Å². The monoisotopic (exact) mass is 272 g/mol. The van der Waals surface area contributed by atoms with Gasteiger partial charge in [0.1, 0.15) is 0 Å². The molecule has 1 aromatic heterocycles. The molecule has 20 heavy (non-hydrogen) atoms. The molecule has 1 N–H and O–H groups in total. The van der Waals surface area contributed by atoms with Crippen molar-refractivity contribution < 1.29 is 18.7 Å². The molecule has 0 saturated carbocycles. The maximum absolute atomic E-state index is 11.5. The molecule has 0 radical (unpaired) electrons. The Bertz CT molecular complexity index is 615. The van der Waals surface area contributed by atoms with E-state index in [0.717, 1.165) is 5.56 Å². The van der Waals surface area contributed by atoms with Crippen molar-refractivity contribution in [1.29, 1.82) is 0 Å². The lowest BCUT2D eigenvalue weighted by atomic mass is 10.1. The molecule has 0 aliphatic rings. The summed E-state index contributed by atoms with van der Waals surface area (Å²) in [6.07, 6.45) is 2.87. The SMILES string of the molecule is COC(=O)c1ccc(C=NNC(=O)c2ccco2)cc1. The zero-order valence-electron chi connectivity index (χ0n) is 10.7. The van der Waals surface area contributed by atoms with Gasteiger partial charge in [0.05, 0.1) is 25.2 Å². The highest BCUT2D eigenvalue weighted by atomic mass is 16.5. The second kappa shape index (κ2) is 6.33. The fourth-order valence-electron chi connectivity index (χ4n) is 1.45. The van der Waals surface area contributed by atoms with Gasteiger partial charge in [0.25, 0.3) is 0 Å². The minimum Gasteiger partial charge on any atom is -0.465 e. The van der Waals surface area contributed by atoms with Crippen molar-refractivity contribution >= 4 is 18.1 Å². The molecule has 2 rings (SSSR count). The largest absolute Gasteiger partial charge is 0.465 e. The molecule has 2 aromatic rings. The van der Waals surface area contributed by atoms with Crippen LogP contribution < -0.4 is 5.43 Å². The van der Waals surface area contributed by atoms with E-state index in [4.69, 9.17) is 4.42 Å². The third kappa shape index (κ3) is 3.32. The Morgan fingerprint density at radius 1 is 1.25 bits per heavy atom. The number of esters is 1. The van der Waals surface area contributed by atoms with Crippen LogP contribution in [0.3, 0.4) is 0 Å². The number of benzene rings is 1. The summed E-state index contributed by atoms with van der Waals surface area (Å²) in [6, 6.07) is 9.76. The lowest BCUT2D eigenvalue weighted by molar-refractivity contribution is 0.0600. The van der Waals surface area contributed by atoms with Gasteiger partial charge in [-0.2, -0.15) is 5.10 Å². The molecule has 102 valence electrons. The number of rotatable bonds is 4. The predicted molar refractivity (Wildman–Crippen MR) is 71.5 cm³/mol. The van der Waals surface area contributed by atoms with Crippen LogP contribution in [0.2, 0.25) is 0 Å². The van der Waals surface area contributed by atoms with Gasteiger partial charge in [-0.25, -0.2) is 10.2 Å². The number of methoxy groups -OCH3 is 1. The summed E-state index contributed by atoms with van der Waals surface area (Å²) in [7, 11) is 1.32. The van der Waals surface area contributed by atoms with E-state index in [0.29, 0.717) is 5.56 Å². The minimum atomic E-state index is -0.433. The summed E-state index contributed by atoms with van der Waals surface area (Å²) >= 11 is 0. The Labute approximate surface area is 115 Å². The molecule has 1 aromatic carbocycles. The Hall–Kier alpha value is -2.89. The molecule has 1 heterocycles. The molecular weight excluding hydrogens is 260 g/mol. The molecule has 0 bridgehead atoms. The van der Waals surface area contributed by atoms with Crippen LogP contribution in [0, 0.1) is 0 Å². The summed E-state index contributed by atoms with van der Waals surface area (Å²) in [5.74, 6) is -0.653. The Balaban J connectivity index is 1.95. The number of furan rings is 1. The summed E-state index contributed by atoms with van der Waals surface area (Å²) in [5.41, 5.74) is 3.51. The summed E-state index contributed by atoms with van der Waals surface area (Å²) in [4.78, 5) is 22.7. The van der Waals surface area contributed by atoms with Crippen molar-refractivity contribution in [2.24, 2.45) is 5.10 Å². The highest BCUT2D eigenvalue weighted by Gasteiger charge is 2.06. The van der Waals surface area contributed by atoms with E-state index in [-0.39, 0.29) is 5.76 Å². The van der Waals surface area contributed by atoms with Crippen molar-refractivity contribution in [2.45, 2.75) is 0 Å². The number of carbonyl (C=O) groups excluding carboxylic acids is 2. The van der Waals surface area contributed by atoms with Crippen molar-refractivity contribution in [2.75, 3.05) is 7.11 Å². The zero-order chi connectivity index (χ0) is 14.4. The molecule has 1 amide bonds. The smallest absolute Gasteiger partial charge is 0.337 e. The van der Waals surface area contributed by atoms with Gasteiger partial charge < -0.3 is 9.15 Å². The molecule has 0 unspecified atom stereocenters. The van der Waals surface area contributed by atoms with Gasteiger partial charge in [-0.05, 0) is 29.8 Å². The number of ether oxygens (including phenoxy) is 1. The highest BCUT2D eigenvalue weighted by molar-refractivity contribution is 5.93. The fourth-order valence-corrected chi connectivity index (χ4v) is 1.45. The van der Waals surface area contributed by atoms with Crippen molar-refractivity contribution in [1.82, 2.24) is 5.43 Å². The zero-order valence-corrected chi connectivity index (χ0v) is 10.7. The molecule has 0 saturated heterocycles. The van der Waals surface area contributed by atoms with Crippen LogP contribution in [0.5, 0.6) is 0 Å². The topological polar surface area (TPSA) is 80.9 Å². The van der Waals surface area contributed by atoms with E-state index < -0.39 is 11.9 Å². The third-order valence-electron chi connectivity index (χ3n) is 2.46. The number of nitrogens with one attached hydrogen (secondary N) is 1. The maximum Gasteiger partial charge on any atom is 0.337 e. The number of hydrazone groups is 1. The van der Waals surface area contributed by atoms with E-state index in [2.05, 4.69) is 15.3 Å². The van der Waals surface area contributed by atoms with Crippen LogP contribution >= 0.6 is 0 Å². The Kier molecular flexibility index (Phi) is 4.28. The van der Waals surface area contributed by atoms with E-state index in [9.17, 15) is 9.59 Å². The van der Waals surface area contributed by atoms with Crippen LogP contribution in [-0.2, 0) is 4.74 Å². The lowest BCUT2D eigenvalue weighted by Crippen LogP contribution is -2.16. The molecule has 0 spiro atoms. The summed E-state index contributed by atoms with van der Waals surface area (Å²) in [6.45, 7) is 0. The second-order valence-electron chi connectivity index (χ2n) is 3.79. The number of hydrogen-bond acceptors (Lipinski definition) is 5. The third-order valence-corrected chi connectivity index (χ3v) is 2.46. The van der Waals surface area contributed by atoms with Crippen LogP contribution in [0.1, 0.15) is 26.5 Å². The molecule has 0 atom stereocenters. The van der Waals surface area contributed by atoms with Crippen molar-refractivity contribution in [3.63, 3.8) is 0 Å². The normalized spacial score (nSPS) is 10.4. The van der Waals surface area contributed by atoms with Crippen molar-refractivity contribution in [3.8, 4) is 0 Å². The van der Waals surface area contributed by atoms with Crippen LogP contribution in [0.25, 0.3) is 0 Å². The molecule has 0 aliphatic carbocycles. The van der Waals surface area contributed by atoms with Crippen molar-refractivity contribution in [3.05, 3.63) is 59.5 Å². The first-order valence-electron chi connectivity index (χ1n) is 5.76. The van der Waals surface area contributed by atoms with Crippen LogP contribution in [0.15, 0.2) is 52.2 Å². The van der Waals surface area contributed by atoms with Gasteiger partial charge in [0, 0.05) is 0 Å². The summed E-state index contributed by atoms with van der Waals surface area (Å²) in [5, 5.41) is 3.79. The first-order chi connectivity index (χ1) is 9.70. The Morgan fingerprint density at radius 2 is 2.00 bits per heavy atom. The standard InChI is InChI=1S/C14H12N2O4/c1-19-14(18)11-6-4-10(5-7-11)9-15-16-13(17)12-3-2-8-20-12/h2-9H,1H3,(H,16,17). The fraction of sp³-hybridized carbons (Fsp3) is 0.0714. The predicted octanol–water partition coefficient (Wildman–Crippen LogP) is 1.83. The van der Waals surface area contributed by atoms with E-state index in [1.54, 1.807) is 30.3 Å². The van der Waals surface area contributed by atoms with Gasteiger partial charge >= 0.3 is 11.9 Å².